The summed E-state index contributed by atoms with van der Waals surface area (Å²) in [6.45, 7) is 4.32. The van der Waals surface area contributed by atoms with Crippen molar-refractivity contribution in [1.29, 1.82) is 0 Å². The molecule has 0 atom stereocenters. The molecule has 0 aliphatic carbocycles. The summed E-state index contributed by atoms with van der Waals surface area (Å²) in [6.07, 6.45) is 0. The van der Waals surface area contributed by atoms with Crippen molar-refractivity contribution >= 4 is 28.9 Å². The number of anilines is 3. The Kier molecular flexibility index (Phi) is 5.19. The second kappa shape index (κ2) is 7.31. The lowest BCUT2D eigenvalue weighted by molar-refractivity contribution is -0.132. The molecule has 0 aromatic heterocycles. The molecule has 0 spiro atoms. The first-order chi connectivity index (χ1) is 11.0. The highest BCUT2D eigenvalue weighted by Gasteiger charge is 2.15. The highest BCUT2D eigenvalue weighted by atomic mass is 16.5. The first-order valence-electron chi connectivity index (χ1n) is 7.21. The van der Waals surface area contributed by atoms with E-state index in [1.165, 1.54) is 0 Å². The van der Waals surface area contributed by atoms with Crippen molar-refractivity contribution in [2.45, 2.75) is 13.8 Å². The lowest BCUT2D eigenvalue weighted by Crippen LogP contribution is -2.29. The van der Waals surface area contributed by atoms with Gasteiger partial charge in [-0.15, -0.1) is 0 Å². The van der Waals surface area contributed by atoms with Crippen LogP contribution in [-0.4, -0.2) is 18.4 Å². The molecule has 6 heteroatoms. The highest BCUT2D eigenvalue weighted by Crippen LogP contribution is 2.20. The van der Waals surface area contributed by atoms with Crippen molar-refractivity contribution in [3.8, 4) is 5.75 Å². The topological polar surface area (TPSA) is 93.4 Å². The Morgan fingerprint density at radius 3 is 2.35 bits per heavy atom. The summed E-state index contributed by atoms with van der Waals surface area (Å²) in [6, 6.07) is 12.0. The van der Waals surface area contributed by atoms with Crippen molar-refractivity contribution < 1.29 is 14.3 Å². The standard InChI is InChI=1S/C17H19N3O3/c1-3-23-13-7-5-12(6-8-13)19-16(21)17(22)20-15-10-11(2)4-9-14(15)18/h4-10H,3,18H2,1-2H3,(H,19,21)(H,20,22). The first-order valence-corrected chi connectivity index (χ1v) is 7.21. The number of ether oxygens (including phenoxy) is 1. The van der Waals surface area contributed by atoms with Gasteiger partial charge in [0.15, 0.2) is 0 Å². The number of aryl methyl sites for hydroxylation is 1. The van der Waals surface area contributed by atoms with E-state index in [1.54, 1.807) is 36.4 Å². The average molecular weight is 313 g/mol. The fourth-order valence-electron chi connectivity index (χ4n) is 1.95. The normalized spacial score (nSPS) is 10.0. The Morgan fingerprint density at radius 2 is 1.70 bits per heavy atom. The number of nitrogens with two attached hydrogens (primary N) is 1. The molecule has 23 heavy (non-hydrogen) atoms. The van der Waals surface area contributed by atoms with E-state index in [4.69, 9.17) is 10.5 Å². The van der Waals surface area contributed by atoms with Crippen LogP contribution in [0.2, 0.25) is 0 Å². The van der Waals surface area contributed by atoms with Crippen LogP contribution in [0.5, 0.6) is 5.75 Å². The van der Waals surface area contributed by atoms with Gasteiger partial charge >= 0.3 is 11.8 Å². The summed E-state index contributed by atoms with van der Waals surface area (Å²) >= 11 is 0. The molecule has 0 saturated carbocycles. The van der Waals surface area contributed by atoms with Crippen LogP contribution in [-0.2, 0) is 9.59 Å². The van der Waals surface area contributed by atoms with Gasteiger partial charge in [0.1, 0.15) is 5.75 Å². The van der Waals surface area contributed by atoms with Gasteiger partial charge in [0, 0.05) is 5.69 Å². The molecule has 0 aliphatic rings. The Morgan fingerprint density at radius 1 is 1.04 bits per heavy atom. The van der Waals surface area contributed by atoms with Gasteiger partial charge in [-0.3, -0.25) is 9.59 Å². The number of rotatable bonds is 4. The molecule has 6 nitrogen and oxygen atoms in total. The minimum absolute atomic E-state index is 0.401. The Labute approximate surface area is 134 Å². The molecule has 0 fully saturated rings. The predicted octanol–water partition coefficient (Wildman–Crippen LogP) is 2.55. The predicted molar refractivity (Wildman–Crippen MR) is 90.5 cm³/mol. The van der Waals surface area contributed by atoms with E-state index in [9.17, 15) is 9.59 Å². The number of nitrogens with one attached hydrogen (secondary N) is 2. The Bertz CT molecular complexity index is 712. The second-order valence-electron chi connectivity index (χ2n) is 4.96. The van der Waals surface area contributed by atoms with Gasteiger partial charge in [0.25, 0.3) is 0 Å². The van der Waals surface area contributed by atoms with Gasteiger partial charge in [0.2, 0.25) is 0 Å². The quantitative estimate of drug-likeness (QED) is 0.597. The molecule has 0 saturated heterocycles. The number of carbonyl (C=O) groups is 2. The SMILES string of the molecule is CCOc1ccc(NC(=O)C(=O)Nc2cc(C)ccc2N)cc1. The number of carbonyl (C=O) groups excluding carboxylic acids is 2. The molecule has 0 radical (unpaired) electrons. The lowest BCUT2D eigenvalue weighted by Gasteiger charge is -2.10. The summed E-state index contributed by atoms with van der Waals surface area (Å²) in [5, 5.41) is 5.02. The number of hydrogen-bond donors (Lipinski definition) is 3. The van der Waals surface area contributed by atoms with Crippen molar-refractivity contribution in [2.24, 2.45) is 0 Å². The molecule has 120 valence electrons. The Balaban J connectivity index is 1.99. The minimum atomic E-state index is -0.781. The van der Waals surface area contributed by atoms with Gasteiger partial charge in [-0.1, -0.05) is 6.07 Å². The lowest BCUT2D eigenvalue weighted by atomic mass is 10.2. The number of hydrogen-bond acceptors (Lipinski definition) is 4. The molecule has 2 rings (SSSR count). The van der Waals surface area contributed by atoms with Crippen molar-refractivity contribution in [3.63, 3.8) is 0 Å². The van der Waals surface area contributed by atoms with Gasteiger partial charge in [0.05, 0.1) is 18.0 Å². The average Bonchev–Trinajstić information content (AvgIpc) is 2.53. The number of nitrogen functional groups attached to an aromatic ring is 1. The van der Waals surface area contributed by atoms with E-state index in [-0.39, 0.29) is 0 Å². The van der Waals surface area contributed by atoms with Crippen LogP contribution in [0.4, 0.5) is 17.1 Å². The van der Waals surface area contributed by atoms with Crippen LogP contribution in [0.1, 0.15) is 12.5 Å². The third-order valence-corrected chi connectivity index (χ3v) is 3.09. The van der Waals surface area contributed by atoms with Crippen molar-refractivity contribution in [3.05, 3.63) is 48.0 Å². The van der Waals surface area contributed by atoms with Gasteiger partial charge in [-0.25, -0.2) is 0 Å². The summed E-state index contributed by atoms with van der Waals surface area (Å²) in [5.41, 5.74) is 8.03. The van der Waals surface area contributed by atoms with Crippen molar-refractivity contribution in [2.75, 3.05) is 23.0 Å². The Hall–Kier alpha value is -3.02. The van der Waals surface area contributed by atoms with E-state index in [1.807, 2.05) is 19.9 Å². The zero-order chi connectivity index (χ0) is 16.8. The molecule has 0 aliphatic heterocycles. The maximum atomic E-state index is 11.9. The number of benzene rings is 2. The molecule has 0 bridgehead atoms. The van der Waals surface area contributed by atoms with Crippen LogP contribution in [0.15, 0.2) is 42.5 Å². The molecule has 0 unspecified atom stereocenters. The molecular weight excluding hydrogens is 294 g/mol. The molecule has 2 aromatic rings. The van der Waals surface area contributed by atoms with Crippen LogP contribution in [0.25, 0.3) is 0 Å². The minimum Gasteiger partial charge on any atom is -0.494 e. The van der Waals surface area contributed by atoms with E-state index >= 15 is 0 Å². The second-order valence-corrected chi connectivity index (χ2v) is 4.96. The maximum Gasteiger partial charge on any atom is 0.314 e. The largest absolute Gasteiger partial charge is 0.494 e. The fourth-order valence-corrected chi connectivity index (χ4v) is 1.95. The summed E-state index contributed by atoms with van der Waals surface area (Å²) in [7, 11) is 0. The van der Waals surface area contributed by atoms with Crippen molar-refractivity contribution in [1.82, 2.24) is 0 Å². The van der Waals surface area contributed by atoms with Gasteiger partial charge in [-0.05, 0) is 55.8 Å². The van der Waals surface area contributed by atoms with Crippen LogP contribution >= 0.6 is 0 Å². The van der Waals surface area contributed by atoms with E-state index < -0.39 is 11.8 Å². The molecule has 0 heterocycles. The molecular formula is C17H19N3O3. The van der Waals surface area contributed by atoms with Crippen LogP contribution in [0, 0.1) is 6.92 Å². The highest BCUT2D eigenvalue weighted by molar-refractivity contribution is 6.43. The summed E-state index contributed by atoms with van der Waals surface area (Å²) < 4.78 is 5.31. The number of amides is 2. The molecule has 2 aromatic carbocycles. The van der Waals surface area contributed by atoms with E-state index in [0.29, 0.717) is 29.4 Å². The summed E-state index contributed by atoms with van der Waals surface area (Å²) in [5.74, 6) is -0.853. The summed E-state index contributed by atoms with van der Waals surface area (Å²) in [4.78, 5) is 23.9. The smallest absolute Gasteiger partial charge is 0.314 e. The fraction of sp³-hybridized carbons (Fsp3) is 0.176. The van der Waals surface area contributed by atoms with Gasteiger partial charge < -0.3 is 21.1 Å². The van der Waals surface area contributed by atoms with Crippen LogP contribution < -0.4 is 21.1 Å². The zero-order valence-corrected chi connectivity index (χ0v) is 13.1. The van der Waals surface area contributed by atoms with E-state index in [0.717, 1.165) is 5.56 Å². The third kappa shape index (κ3) is 4.47. The first kappa shape index (κ1) is 16.4. The van der Waals surface area contributed by atoms with E-state index in [2.05, 4.69) is 10.6 Å². The maximum absolute atomic E-state index is 11.9. The zero-order valence-electron chi connectivity index (χ0n) is 13.1. The van der Waals surface area contributed by atoms with Crippen LogP contribution in [0.3, 0.4) is 0 Å². The van der Waals surface area contributed by atoms with Gasteiger partial charge in [-0.2, -0.15) is 0 Å². The molecule has 2 amide bonds. The third-order valence-electron chi connectivity index (χ3n) is 3.09. The molecule has 4 N–H and O–H groups in total. The monoisotopic (exact) mass is 313 g/mol.